The number of amides is 2. The SMILES string of the molecule is CC(C)CC1NC(=O)CN(CC2CCCO2)C1=O. The van der Waals surface area contributed by atoms with E-state index in [1.54, 1.807) is 4.90 Å². The van der Waals surface area contributed by atoms with Gasteiger partial charge in [0.1, 0.15) is 6.04 Å². The fraction of sp³-hybridized carbons (Fsp3) is 0.846. The molecule has 2 amide bonds. The van der Waals surface area contributed by atoms with Crippen molar-refractivity contribution in [1.29, 1.82) is 0 Å². The van der Waals surface area contributed by atoms with Crippen molar-refractivity contribution in [2.45, 2.75) is 45.3 Å². The van der Waals surface area contributed by atoms with E-state index in [1.165, 1.54) is 0 Å². The van der Waals surface area contributed by atoms with E-state index < -0.39 is 0 Å². The van der Waals surface area contributed by atoms with Crippen molar-refractivity contribution in [1.82, 2.24) is 10.2 Å². The zero-order valence-corrected chi connectivity index (χ0v) is 11.1. The summed E-state index contributed by atoms with van der Waals surface area (Å²) in [5.74, 6) is 0.374. The van der Waals surface area contributed by atoms with Crippen molar-refractivity contribution in [3.63, 3.8) is 0 Å². The first-order valence-electron chi connectivity index (χ1n) is 6.76. The van der Waals surface area contributed by atoms with Gasteiger partial charge in [0.2, 0.25) is 11.8 Å². The third-order valence-corrected chi connectivity index (χ3v) is 3.43. The van der Waals surface area contributed by atoms with Crippen LogP contribution in [0.1, 0.15) is 33.1 Å². The Labute approximate surface area is 108 Å². The fourth-order valence-electron chi connectivity index (χ4n) is 2.59. The van der Waals surface area contributed by atoms with Crippen molar-refractivity contribution in [3.05, 3.63) is 0 Å². The van der Waals surface area contributed by atoms with Gasteiger partial charge in [-0.1, -0.05) is 13.8 Å². The molecule has 5 nitrogen and oxygen atoms in total. The number of hydrogen-bond acceptors (Lipinski definition) is 3. The number of nitrogens with one attached hydrogen (secondary N) is 1. The van der Waals surface area contributed by atoms with E-state index in [9.17, 15) is 9.59 Å². The summed E-state index contributed by atoms with van der Waals surface area (Å²) >= 11 is 0. The molecule has 0 aliphatic carbocycles. The molecule has 2 rings (SSSR count). The molecule has 2 heterocycles. The van der Waals surface area contributed by atoms with E-state index in [0.29, 0.717) is 18.9 Å². The minimum atomic E-state index is -0.354. The van der Waals surface area contributed by atoms with E-state index in [1.807, 2.05) is 0 Å². The van der Waals surface area contributed by atoms with Gasteiger partial charge in [-0.2, -0.15) is 0 Å². The number of ether oxygens (including phenoxy) is 1. The molecule has 0 saturated carbocycles. The molecular weight excluding hydrogens is 232 g/mol. The molecule has 2 atom stereocenters. The number of hydrogen-bond donors (Lipinski definition) is 1. The van der Waals surface area contributed by atoms with Crippen LogP contribution in [0.3, 0.4) is 0 Å². The maximum atomic E-state index is 12.2. The molecule has 0 aromatic carbocycles. The normalized spacial score (nSPS) is 28.9. The van der Waals surface area contributed by atoms with Crippen LogP contribution < -0.4 is 5.32 Å². The van der Waals surface area contributed by atoms with Crippen molar-refractivity contribution in [3.8, 4) is 0 Å². The molecule has 0 radical (unpaired) electrons. The Hall–Kier alpha value is -1.10. The second-order valence-electron chi connectivity index (χ2n) is 5.60. The number of carbonyl (C=O) groups is 2. The van der Waals surface area contributed by atoms with Crippen LogP contribution in [0.15, 0.2) is 0 Å². The minimum absolute atomic E-state index is 0.0406. The number of nitrogens with zero attached hydrogens (tertiary/aromatic N) is 1. The van der Waals surface area contributed by atoms with Gasteiger partial charge in [-0.25, -0.2) is 0 Å². The fourth-order valence-corrected chi connectivity index (χ4v) is 2.59. The van der Waals surface area contributed by atoms with Crippen LogP contribution in [0.2, 0.25) is 0 Å². The van der Waals surface area contributed by atoms with Gasteiger partial charge >= 0.3 is 0 Å². The molecule has 2 aliphatic rings. The summed E-state index contributed by atoms with van der Waals surface area (Å²) < 4.78 is 5.53. The maximum Gasteiger partial charge on any atom is 0.245 e. The molecule has 0 spiro atoms. The second kappa shape index (κ2) is 5.69. The van der Waals surface area contributed by atoms with Crippen LogP contribution in [0.4, 0.5) is 0 Å². The predicted molar refractivity (Wildman–Crippen MR) is 66.9 cm³/mol. The first-order valence-corrected chi connectivity index (χ1v) is 6.76. The highest BCUT2D eigenvalue weighted by Crippen LogP contribution is 2.17. The molecule has 18 heavy (non-hydrogen) atoms. The lowest BCUT2D eigenvalue weighted by atomic mass is 10.0. The number of rotatable bonds is 4. The van der Waals surface area contributed by atoms with Gasteiger partial charge in [-0.15, -0.1) is 0 Å². The van der Waals surface area contributed by atoms with Gasteiger partial charge < -0.3 is 15.0 Å². The minimum Gasteiger partial charge on any atom is -0.376 e. The monoisotopic (exact) mass is 254 g/mol. The molecule has 1 N–H and O–H groups in total. The average molecular weight is 254 g/mol. The Morgan fingerprint density at radius 2 is 2.22 bits per heavy atom. The summed E-state index contributed by atoms with van der Waals surface area (Å²) in [4.78, 5) is 25.5. The predicted octanol–water partition coefficient (Wildman–Crippen LogP) is 0.538. The Bertz CT molecular complexity index is 324. The first-order chi connectivity index (χ1) is 8.56. The molecule has 2 aliphatic heterocycles. The quantitative estimate of drug-likeness (QED) is 0.796. The summed E-state index contributed by atoms with van der Waals surface area (Å²) in [5.41, 5.74) is 0. The Kier molecular flexibility index (Phi) is 4.22. The van der Waals surface area contributed by atoms with Crippen LogP contribution in [0, 0.1) is 5.92 Å². The van der Waals surface area contributed by atoms with Gasteiger partial charge in [0.15, 0.2) is 0 Å². The van der Waals surface area contributed by atoms with Crippen molar-refractivity contribution >= 4 is 11.8 Å². The molecule has 102 valence electrons. The summed E-state index contributed by atoms with van der Waals surface area (Å²) in [5, 5.41) is 2.78. The Morgan fingerprint density at radius 3 is 2.83 bits per heavy atom. The van der Waals surface area contributed by atoms with Crippen molar-refractivity contribution < 1.29 is 14.3 Å². The van der Waals surface area contributed by atoms with Gasteiger partial charge in [-0.05, 0) is 25.2 Å². The third kappa shape index (κ3) is 3.22. The highest BCUT2D eigenvalue weighted by atomic mass is 16.5. The zero-order valence-electron chi connectivity index (χ0n) is 11.1. The highest BCUT2D eigenvalue weighted by molar-refractivity contribution is 5.94. The van der Waals surface area contributed by atoms with E-state index in [0.717, 1.165) is 19.4 Å². The lowest BCUT2D eigenvalue weighted by molar-refractivity contribution is -0.146. The molecule has 0 aromatic heterocycles. The van der Waals surface area contributed by atoms with E-state index in [2.05, 4.69) is 19.2 Å². The Morgan fingerprint density at radius 1 is 1.44 bits per heavy atom. The zero-order chi connectivity index (χ0) is 13.1. The second-order valence-corrected chi connectivity index (χ2v) is 5.60. The molecule has 2 fully saturated rings. The summed E-state index contributed by atoms with van der Waals surface area (Å²) in [6.07, 6.45) is 2.85. The van der Waals surface area contributed by atoms with E-state index in [4.69, 9.17) is 4.74 Å². The summed E-state index contributed by atoms with van der Waals surface area (Å²) in [6.45, 7) is 5.61. The topological polar surface area (TPSA) is 58.6 Å². The molecule has 2 saturated heterocycles. The van der Waals surface area contributed by atoms with Gasteiger partial charge in [0.25, 0.3) is 0 Å². The smallest absolute Gasteiger partial charge is 0.245 e. The van der Waals surface area contributed by atoms with Crippen molar-refractivity contribution in [2.75, 3.05) is 19.7 Å². The van der Waals surface area contributed by atoms with Gasteiger partial charge in [-0.3, -0.25) is 9.59 Å². The highest BCUT2D eigenvalue weighted by Gasteiger charge is 2.34. The van der Waals surface area contributed by atoms with Crippen LogP contribution in [-0.2, 0) is 14.3 Å². The molecule has 2 unspecified atom stereocenters. The number of carbonyl (C=O) groups excluding carboxylic acids is 2. The molecule has 5 heteroatoms. The molecular formula is C13H22N2O3. The number of piperazine rings is 1. The van der Waals surface area contributed by atoms with Crippen LogP contribution >= 0.6 is 0 Å². The largest absolute Gasteiger partial charge is 0.376 e. The van der Waals surface area contributed by atoms with Crippen molar-refractivity contribution in [2.24, 2.45) is 5.92 Å². The van der Waals surface area contributed by atoms with E-state index >= 15 is 0 Å². The van der Waals surface area contributed by atoms with E-state index in [-0.39, 0.29) is 30.5 Å². The first kappa shape index (κ1) is 13.3. The van der Waals surface area contributed by atoms with Crippen LogP contribution in [-0.4, -0.2) is 48.6 Å². The van der Waals surface area contributed by atoms with Crippen LogP contribution in [0.25, 0.3) is 0 Å². The molecule has 0 aromatic rings. The maximum absolute atomic E-state index is 12.2. The van der Waals surface area contributed by atoms with Gasteiger partial charge in [0, 0.05) is 13.2 Å². The average Bonchev–Trinajstić information content (AvgIpc) is 2.77. The standard InChI is InChI=1S/C13H22N2O3/c1-9(2)6-11-13(17)15(8-12(16)14-11)7-10-4-3-5-18-10/h9-11H,3-8H2,1-2H3,(H,14,16). The summed E-state index contributed by atoms with van der Waals surface area (Å²) in [7, 11) is 0. The third-order valence-electron chi connectivity index (χ3n) is 3.43. The molecule has 0 bridgehead atoms. The van der Waals surface area contributed by atoms with Gasteiger partial charge in [0.05, 0.1) is 12.6 Å². The Balaban J connectivity index is 1.95. The van der Waals surface area contributed by atoms with Crippen LogP contribution in [0.5, 0.6) is 0 Å². The lowest BCUT2D eigenvalue weighted by Crippen LogP contribution is -2.59. The lowest BCUT2D eigenvalue weighted by Gasteiger charge is -2.34. The summed E-state index contributed by atoms with van der Waals surface area (Å²) in [6, 6.07) is -0.354.